The normalized spacial score (nSPS) is 11.6. The highest BCUT2D eigenvalue weighted by atomic mass is 79.9. The number of hydrogen-bond acceptors (Lipinski definition) is 4. The van der Waals surface area contributed by atoms with Crippen LogP contribution < -0.4 is 4.80 Å². The van der Waals surface area contributed by atoms with Crippen molar-refractivity contribution in [2.24, 2.45) is 4.99 Å². The van der Waals surface area contributed by atoms with E-state index in [0.717, 1.165) is 28.6 Å². The van der Waals surface area contributed by atoms with E-state index >= 15 is 0 Å². The van der Waals surface area contributed by atoms with Gasteiger partial charge in [0, 0.05) is 33.6 Å². The van der Waals surface area contributed by atoms with E-state index in [1.807, 2.05) is 35.8 Å². The number of carbonyl (C=O) groups is 1. The van der Waals surface area contributed by atoms with Gasteiger partial charge in [-0.1, -0.05) is 47.5 Å². The topological polar surface area (TPSA) is 77.5 Å². The summed E-state index contributed by atoms with van der Waals surface area (Å²) in [6.07, 6.45) is 1.86. The maximum Gasteiger partial charge on any atom is 0.279 e. The average molecular weight is 474 g/mol. The summed E-state index contributed by atoms with van der Waals surface area (Å²) in [4.78, 5) is 29.3. The SMILES string of the molecule is CCCc1sc(=NC(=O)c2cccc([N+](=O)[O-])c2)n(CC)c1-c1ccc(Br)cc1. The standard InChI is InChI=1S/C21H20BrN3O3S/c1-3-6-18-19(14-9-11-16(22)12-10-14)24(4-2)21(29-18)23-20(26)15-7-5-8-17(13-15)25(27)28/h5,7-13H,3-4,6H2,1-2H3. The third-order valence-electron chi connectivity index (χ3n) is 4.39. The Kier molecular flexibility index (Phi) is 6.76. The van der Waals surface area contributed by atoms with Gasteiger partial charge in [0.05, 0.1) is 10.6 Å². The number of non-ortho nitro benzene ring substituents is 1. The highest BCUT2D eigenvalue weighted by Gasteiger charge is 2.16. The minimum Gasteiger partial charge on any atom is -0.316 e. The minimum absolute atomic E-state index is 0.122. The lowest BCUT2D eigenvalue weighted by atomic mass is 10.1. The smallest absolute Gasteiger partial charge is 0.279 e. The largest absolute Gasteiger partial charge is 0.316 e. The van der Waals surface area contributed by atoms with Gasteiger partial charge in [0.1, 0.15) is 0 Å². The fourth-order valence-corrected chi connectivity index (χ4v) is 4.64. The molecule has 0 bridgehead atoms. The Balaban J connectivity index is 2.13. The van der Waals surface area contributed by atoms with Crippen molar-refractivity contribution in [3.8, 4) is 11.3 Å². The number of nitro groups is 1. The Bertz CT molecular complexity index is 1120. The Morgan fingerprint density at radius 2 is 1.93 bits per heavy atom. The van der Waals surface area contributed by atoms with E-state index in [0.29, 0.717) is 11.3 Å². The van der Waals surface area contributed by atoms with Crippen LogP contribution in [0.1, 0.15) is 35.5 Å². The number of rotatable bonds is 6. The van der Waals surface area contributed by atoms with Gasteiger partial charge in [-0.15, -0.1) is 11.3 Å². The number of aromatic nitrogens is 1. The average Bonchev–Trinajstić information content (AvgIpc) is 3.05. The maximum atomic E-state index is 12.7. The lowest BCUT2D eigenvalue weighted by molar-refractivity contribution is -0.384. The molecular weight excluding hydrogens is 454 g/mol. The van der Waals surface area contributed by atoms with E-state index in [1.165, 1.54) is 34.4 Å². The number of nitro benzene ring substituents is 1. The van der Waals surface area contributed by atoms with Crippen LogP contribution in [-0.2, 0) is 13.0 Å². The lowest BCUT2D eigenvalue weighted by Gasteiger charge is -2.09. The van der Waals surface area contributed by atoms with Crippen LogP contribution >= 0.6 is 27.3 Å². The predicted octanol–water partition coefficient (Wildman–Crippen LogP) is 5.60. The molecule has 0 fully saturated rings. The first-order valence-corrected chi connectivity index (χ1v) is 10.9. The minimum atomic E-state index is -0.515. The summed E-state index contributed by atoms with van der Waals surface area (Å²) in [5.41, 5.74) is 2.22. The van der Waals surface area contributed by atoms with Crippen molar-refractivity contribution in [2.75, 3.05) is 0 Å². The summed E-state index contributed by atoms with van der Waals surface area (Å²) in [5, 5.41) is 11.0. The molecule has 0 radical (unpaired) electrons. The molecule has 8 heteroatoms. The molecule has 0 N–H and O–H groups in total. The van der Waals surface area contributed by atoms with Crippen LogP contribution in [0.15, 0.2) is 58.0 Å². The summed E-state index contributed by atoms with van der Waals surface area (Å²) in [6.45, 7) is 4.79. The van der Waals surface area contributed by atoms with Gasteiger partial charge in [-0.05, 0) is 37.1 Å². The molecule has 2 aromatic carbocycles. The number of amides is 1. The maximum absolute atomic E-state index is 12.7. The molecule has 1 heterocycles. The van der Waals surface area contributed by atoms with E-state index in [2.05, 4.69) is 27.8 Å². The molecule has 0 aliphatic rings. The van der Waals surface area contributed by atoms with Crippen molar-refractivity contribution in [2.45, 2.75) is 33.2 Å². The highest BCUT2D eigenvalue weighted by Crippen LogP contribution is 2.28. The van der Waals surface area contributed by atoms with Crippen LogP contribution in [0.3, 0.4) is 0 Å². The third kappa shape index (κ3) is 4.71. The molecule has 29 heavy (non-hydrogen) atoms. The number of hydrogen-bond donors (Lipinski definition) is 0. The van der Waals surface area contributed by atoms with Crippen molar-refractivity contribution in [1.82, 2.24) is 4.57 Å². The van der Waals surface area contributed by atoms with Crippen molar-refractivity contribution in [3.05, 3.63) is 78.4 Å². The summed E-state index contributed by atoms with van der Waals surface area (Å²) in [7, 11) is 0. The van der Waals surface area contributed by atoms with Gasteiger partial charge in [-0.25, -0.2) is 0 Å². The fourth-order valence-electron chi connectivity index (χ4n) is 3.06. The summed E-state index contributed by atoms with van der Waals surface area (Å²) < 4.78 is 3.04. The molecule has 6 nitrogen and oxygen atoms in total. The molecule has 1 aromatic heterocycles. The second-order valence-electron chi connectivity index (χ2n) is 6.38. The quantitative estimate of drug-likeness (QED) is 0.345. The molecule has 0 spiro atoms. The molecule has 150 valence electrons. The van der Waals surface area contributed by atoms with E-state index < -0.39 is 10.8 Å². The second kappa shape index (κ2) is 9.28. The first kappa shape index (κ1) is 21.1. The van der Waals surface area contributed by atoms with Crippen molar-refractivity contribution < 1.29 is 9.72 Å². The summed E-state index contributed by atoms with van der Waals surface area (Å²) in [5.74, 6) is -0.484. The Hall–Kier alpha value is -2.58. The molecule has 3 aromatic rings. The molecule has 0 atom stereocenters. The first-order chi connectivity index (χ1) is 13.9. The van der Waals surface area contributed by atoms with E-state index in [4.69, 9.17) is 0 Å². The van der Waals surface area contributed by atoms with Crippen LogP contribution in [0.25, 0.3) is 11.3 Å². The number of thiazole rings is 1. The zero-order valence-electron chi connectivity index (χ0n) is 16.1. The Labute approximate surface area is 180 Å². The number of halogens is 1. The van der Waals surface area contributed by atoms with Gasteiger partial charge in [-0.2, -0.15) is 4.99 Å². The molecule has 0 saturated carbocycles. The number of aryl methyl sites for hydroxylation is 1. The summed E-state index contributed by atoms with van der Waals surface area (Å²) in [6, 6.07) is 13.7. The van der Waals surface area contributed by atoms with Crippen molar-refractivity contribution in [3.63, 3.8) is 0 Å². The van der Waals surface area contributed by atoms with Crippen molar-refractivity contribution in [1.29, 1.82) is 0 Å². The first-order valence-electron chi connectivity index (χ1n) is 9.26. The third-order valence-corrected chi connectivity index (χ3v) is 6.06. The van der Waals surface area contributed by atoms with Crippen LogP contribution in [0.5, 0.6) is 0 Å². The van der Waals surface area contributed by atoms with Gasteiger partial charge in [-0.3, -0.25) is 14.9 Å². The van der Waals surface area contributed by atoms with Gasteiger partial charge in [0.15, 0.2) is 4.80 Å². The lowest BCUT2D eigenvalue weighted by Crippen LogP contribution is -2.17. The van der Waals surface area contributed by atoms with Gasteiger partial charge in [0.25, 0.3) is 11.6 Å². The Morgan fingerprint density at radius 1 is 1.21 bits per heavy atom. The van der Waals surface area contributed by atoms with Gasteiger partial charge >= 0.3 is 0 Å². The molecule has 3 rings (SSSR count). The van der Waals surface area contributed by atoms with E-state index in [-0.39, 0.29) is 11.3 Å². The van der Waals surface area contributed by atoms with Gasteiger partial charge in [0.2, 0.25) is 0 Å². The second-order valence-corrected chi connectivity index (χ2v) is 8.36. The number of nitrogens with zero attached hydrogens (tertiary/aromatic N) is 3. The number of carbonyl (C=O) groups excluding carboxylic acids is 1. The van der Waals surface area contributed by atoms with Crippen LogP contribution in [-0.4, -0.2) is 15.4 Å². The zero-order chi connectivity index (χ0) is 21.0. The van der Waals surface area contributed by atoms with Crippen LogP contribution in [0.2, 0.25) is 0 Å². The Morgan fingerprint density at radius 3 is 2.55 bits per heavy atom. The van der Waals surface area contributed by atoms with E-state index in [9.17, 15) is 14.9 Å². The zero-order valence-corrected chi connectivity index (χ0v) is 18.5. The molecule has 0 aliphatic carbocycles. The molecule has 0 unspecified atom stereocenters. The van der Waals surface area contributed by atoms with Crippen LogP contribution in [0, 0.1) is 10.1 Å². The molecule has 0 saturated heterocycles. The molecular formula is C21H20BrN3O3S. The highest BCUT2D eigenvalue weighted by molar-refractivity contribution is 9.10. The van der Waals surface area contributed by atoms with Crippen molar-refractivity contribution >= 4 is 38.9 Å². The van der Waals surface area contributed by atoms with Gasteiger partial charge < -0.3 is 4.57 Å². The monoisotopic (exact) mass is 473 g/mol. The molecule has 1 amide bonds. The predicted molar refractivity (Wildman–Crippen MR) is 118 cm³/mol. The number of benzene rings is 2. The fraction of sp³-hybridized carbons (Fsp3) is 0.238. The summed E-state index contributed by atoms with van der Waals surface area (Å²) >= 11 is 4.96. The van der Waals surface area contributed by atoms with E-state index in [1.54, 1.807) is 6.07 Å². The molecule has 0 aliphatic heterocycles. The van der Waals surface area contributed by atoms with Crippen LogP contribution in [0.4, 0.5) is 5.69 Å².